The number of aliphatic imine (C=N–C) groups is 1. The maximum Gasteiger partial charge on any atom is 0.255 e. The Balaban J connectivity index is 1.43. The van der Waals surface area contributed by atoms with Crippen molar-refractivity contribution in [2.24, 2.45) is 4.99 Å². The quantitative estimate of drug-likeness (QED) is 0.215. The molecule has 0 radical (unpaired) electrons. The third kappa shape index (κ3) is 6.97. The van der Waals surface area contributed by atoms with Crippen LogP contribution in [0.2, 0.25) is 0 Å². The number of carbonyl (C=O) groups excluding carboxylic acids is 2. The van der Waals surface area contributed by atoms with Gasteiger partial charge in [-0.05, 0) is 80.6 Å². The number of benzene rings is 3. The number of fused-ring (bicyclic) bond motifs is 1. The first kappa shape index (κ1) is 27.3. The highest BCUT2D eigenvalue weighted by Gasteiger charge is 2.28. The van der Waals surface area contributed by atoms with Gasteiger partial charge in [0.1, 0.15) is 5.75 Å². The van der Waals surface area contributed by atoms with Gasteiger partial charge in [0.2, 0.25) is 0 Å². The van der Waals surface area contributed by atoms with E-state index in [9.17, 15) is 9.59 Å². The third-order valence-electron chi connectivity index (χ3n) is 6.99. The summed E-state index contributed by atoms with van der Waals surface area (Å²) < 4.78 is 5.41. The topological polar surface area (TPSA) is 67.8 Å². The molecule has 0 bridgehead atoms. The molecule has 3 aromatic rings. The van der Waals surface area contributed by atoms with E-state index in [0.717, 1.165) is 29.9 Å². The number of hydrogen-bond donors (Lipinski definition) is 1. The molecule has 1 aliphatic heterocycles. The van der Waals surface area contributed by atoms with Gasteiger partial charge in [-0.1, -0.05) is 56.5 Å². The van der Waals surface area contributed by atoms with Gasteiger partial charge < -0.3 is 10.1 Å². The highest BCUT2D eigenvalue weighted by Crippen LogP contribution is 2.31. The van der Waals surface area contributed by atoms with Crippen molar-refractivity contribution in [1.29, 1.82) is 0 Å². The van der Waals surface area contributed by atoms with Crippen LogP contribution in [0.5, 0.6) is 5.75 Å². The van der Waals surface area contributed by atoms with Crippen LogP contribution in [0.25, 0.3) is 0 Å². The summed E-state index contributed by atoms with van der Waals surface area (Å²) >= 11 is 0. The summed E-state index contributed by atoms with van der Waals surface area (Å²) in [7, 11) is 1.64. The maximum atomic E-state index is 13.3. The Kier molecular flexibility index (Phi) is 8.77. The molecular weight excluding hydrogens is 472 g/mol. The number of amides is 1. The first-order valence-electron chi connectivity index (χ1n) is 13.6. The van der Waals surface area contributed by atoms with Crippen LogP contribution in [-0.4, -0.2) is 30.1 Å². The number of nitrogens with zero attached hydrogens (tertiary/aromatic N) is 1. The van der Waals surface area contributed by atoms with Crippen LogP contribution in [0.1, 0.15) is 90.3 Å². The van der Waals surface area contributed by atoms with E-state index in [2.05, 4.69) is 32.2 Å². The van der Waals surface area contributed by atoms with Gasteiger partial charge in [0.25, 0.3) is 5.91 Å². The number of anilines is 1. The molecule has 0 aromatic heterocycles. The van der Waals surface area contributed by atoms with Crippen molar-refractivity contribution in [3.63, 3.8) is 0 Å². The van der Waals surface area contributed by atoms with E-state index in [1.54, 1.807) is 31.4 Å². The zero-order chi connectivity index (χ0) is 27.1. The first-order chi connectivity index (χ1) is 18.3. The highest BCUT2D eigenvalue weighted by atomic mass is 16.5. The van der Waals surface area contributed by atoms with Crippen LogP contribution in [0.4, 0.5) is 5.69 Å². The molecule has 0 spiro atoms. The molecule has 1 aliphatic rings. The lowest BCUT2D eigenvalue weighted by atomic mass is 9.85. The summed E-state index contributed by atoms with van der Waals surface area (Å²) in [5.41, 5.74) is 5.61. The van der Waals surface area contributed by atoms with Crippen LogP contribution in [-0.2, 0) is 12.8 Å². The van der Waals surface area contributed by atoms with Crippen LogP contribution in [0.3, 0.4) is 0 Å². The fourth-order valence-corrected chi connectivity index (χ4v) is 4.98. The molecule has 1 heterocycles. The van der Waals surface area contributed by atoms with E-state index in [4.69, 9.17) is 9.73 Å². The molecule has 0 fully saturated rings. The lowest BCUT2D eigenvalue weighted by molar-refractivity contribution is 0.0996. The molecule has 1 amide bonds. The lowest BCUT2D eigenvalue weighted by Crippen LogP contribution is -2.30. The standard InChI is InChI=1S/C33H38N2O3/c1-5-6-7-8-10-23-13-15-24(16-14-23)32(37)34-27-12-9-11-25(19-27)31(36)21-30-29-20-28(38-4)18-17-26(29)22-33(2,3)35-30/h9,11-20H,5-8,10,21-22H2,1-4H3,(H,34,37). The summed E-state index contributed by atoms with van der Waals surface area (Å²) in [5, 5.41) is 2.94. The van der Waals surface area contributed by atoms with Crippen LogP contribution in [0, 0.1) is 0 Å². The minimum Gasteiger partial charge on any atom is -0.497 e. The second kappa shape index (κ2) is 12.2. The molecule has 0 saturated carbocycles. The van der Waals surface area contributed by atoms with E-state index < -0.39 is 0 Å². The van der Waals surface area contributed by atoms with Crippen molar-refractivity contribution in [3.8, 4) is 5.75 Å². The van der Waals surface area contributed by atoms with Gasteiger partial charge in [-0.15, -0.1) is 0 Å². The minimum atomic E-state index is -0.280. The SMILES string of the molecule is CCCCCCc1ccc(C(=O)Nc2cccc(C(=O)CC3=NC(C)(C)Cc4ccc(OC)cc43)c2)cc1. The van der Waals surface area contributed by atoms with E-state index in [-0.39, 0.29) is 23.7 Å². The summed E-state index contributed by atoms with van der Waals surface area (Å²) in [6.45, 7) is 6.38. The maximum absolute atomic E-state index is 13.3. The largest absolute Gasteiger partial charge is 0.497 e. The summed E-state index contributed by atoms with van der Waals surface area (Å²) in [6, 6.07) is 20.9. The van der Waals surface area contributed by atoms with Gasteiger partial charge in [-0.3, -0.25) is 14.6 Å². The van der Waals surface area contributed by atoms with Crippen molar-refractivity contribution < 1.29 is 14.3 Å². The second-order valence-corrected chi connectivity index (χ2v) is 10.7. The van der Waals surface area contributed by atoms with Crippen LogP contribution in [0.15, 0.2) is 71.7 Å². The monoisotopic (exact) mass is 510 g/mol. The number of methoxy groups -OCH3 is 1. The molecule has 4 rings (SSSR count). The summed E-state index contributed by atoms with van der Waals surface area (Å²) in [4.78, 5) is 31.1. The number of rotatable bonds is 11. The fourth-order valence-electron chi connectivity index (χ4n) is 4.98. The number of ether oxygens (including phenoxy) is 1. The Labute approximate surface area is 226 Å². The molecular formula is C33H38N2O3. The van der Waals surface area contributed by atoms with Gasteiger partial charge in [0.15, 0.2) is 5.78 Å². The Bertz CT molecular complexity index is 1320. The predicted octanol–water partition coefficient (Wildman–Crippen LogP) is 7.47. The number of ketones is 1. The Hall–Kier alpha value is -3.73. The van der Waals surface area contributed by atoms with Crippen LogP contribution < -0.4 is 10.1 Å². The van der Waals surface area contributed by atoms with Gasteiger partial charge >= 0.3 is 0 Å². The predicted molar refractivity (Wildman–Crippen MR) is 155 cm³/mol. The van der Waals surface area contributed by atoms with Crippen molar-refractivity contribution >= 4 is 23.1 Å². The van der Waals surface area contributed by atoms with Gasteiger partial charge in [-0.2, -0.15) is 0 Å². The smallest absolute Gasteiger partial charge is 0.255 e. The molecule has 5 heteroatoms. The zero-order valence-electron chi connectivity index (χ0n) is 23.0. The van der Waals surface area contributed by atoms with E-state index in [0.29, 0.717) is 16.8 Å². The van der Waals surface area contributed by atoms with Gasteiger partial charge in [-0.25, -0.2) is 0 Å². The number of carbonyl (C=O) groups is 2. The molecule has 3 aromatic carbocycles. The lowest BCUT2D eigenvalue weighted by Gasteiger charge is -2.29. The van der Waals surface area contributed by atoms with Crippen LogP contribution >= 0.6 is 0 Å². The molecule has 0 atom stereocenters. The Morgan fingerprint density at radius 1 is 0.947 bits per heavy atom. The number of unbranched alkanes of at least 4 members (excludes halogenated alkanes) is 3. The molecule has 0 unspecified atom stereocenters. The highest BCUT2D eigenvalue weighted by molar-refractivity contribution is 6.17. The zero-order valence-corrected chi connectivity index (χ0v) is 23.0. The van der Waals surface area contributed by atoms with E-state index in [1.165, 1.54) is 36.8 Å². The molecule has 198 valence electrons. The molecule has 5 nitrogen and oxygen atoms in total. The summed E-state index contributed by atoms with van der Waals surface area (Å²) in [5.74, 6) is 0.517. The number of nitrogens with one attached hydrogen (secondary N) is 1. The Morgan fingerprint density at radius 3 is 2.47 bits per heavy atom. The molecule has 38 heavy (non-hydrogen) atoms. The Morgan fingerprint density at radius 2 is 1.74 bits per heavy atom. The summed E-state index contributed by atoms with van der Waals surface area (Å²) in [6.07, 6.45) is 6.92. The van der Waals surface area contributed by atoms with Crippen molar-refractivity contribution in [2.45, 2.75) is 71.3 Å². The average molecular weight is 511 g/mol. The third-order valence-corrected chi connectivity index (χ3v) is 6.99. The molecule has 1 N–H and O–H groups in total. The minimum absolute atomic E-state index is 0.0428. The van der Waals surface area contributed by atoms with E-state index in [1.807, 2.05) is 36.4 Å². The molecule has 0 aliphatic carbocycles. The van der Waals surface area contributed by atoms with Crippen molar-refractivity contribution in [3.05, 3.63) is 94.5 Å². The number of Topliss-reactive ketones (excluding diaryl/α,β-unsaturated/α-hetero) is 1. The molecule has 0 saturated heterocycles. The van der Waals surface area contributed by atoms with E-state index >= 15 is 0 Å². The van der Waals surface area contributed by atoms with Gasteiger partial charge in [0, 0.05) is 22.4 Å². The average Bonchev–Trinajstić information content (AvgIpc) is 2.91. The van der Waals surface area contributed by atoms with Crippen molar-refractivity contribution in [1.82, 2.24) is 0 Å². The second-order valence-electron chi connectivity index (χ2n) is 10.7. The number of aryl methyl sites for hydroxylation is 1. The first-order valence-corrected chi connectivity index (χ1v) is 13.6. The van der Waals surface area contributed by atoms with Crippen molar-refractivity contribution in [2.75, 3.05) is 12.4 Å². The number of hydrogen-bond acceptors (Lipinski definition) is 4. The normalized spacial score (nSPS) is 13.8. The fraction of sp³-hybridized carbons (Fsp3) is 0.364. The van der Waals surface area contributed by atoms with Gasteiger partial charge in [0.05, 0.1) is 24.8 Å².